The van der Waals surface area contributed by atoms with Gasteiger partial charge in [-0.15, -0.1) is 0 Å². The van der Waals surface area contributed by atoms with Crippen LogP contribution in [0.5, 0.6) is 5.75 Å². The molecule has 0 unspecified atom stereocenters. The first kappa shape index (κ1) is 32.0. The quantitative estimate of drug-likeness (QED) is 0.277. The van der Waals surface area contributed by atoms with Crippen molar-refractivity contribution in [1.29, 1.82) is 0 Å². The molecule has 220 valence electrons. The van der Waals surface area contributed by atoms with Crippen LogP contribution in [0.2, 0.25) is 5.02 Å². The van der Waals surface area contributed by atoms with Gasteiger partial charge in [0.2, 0.25) is 11.8 Å². The van der Waals surface area contributed by atoms with Crippen LogP contribution in [0.25, 0.3) is 0 Å². The first-order valence-corrected chi connectivity index (χ1v) is 15.4. The van der Waals surface area contributed by atoms with Crippen LogP contribution >= 0.6 is 11.6 Å². The summed E-state index contributed by atoms with van der Waals surface area (Å²) in [6.07, 6.45) is 1.06. The number of methoxy groups -OCH3 is 1. The lowest BCUT2D eigenvalue weighted by Gasteiger charge is -2.34. The zero-order valence-corrected chi connectivity index (χ0v) is 25.7. The number of aryl methyl sites for hydroxylation is 1. The molecule has 0 saturated heterocycles. The maximum absolute atomic E-state index is 14.2. The number of hydrogen-bond acceptors (Lipinski definition) is 5. The summed E-state index contributed by atoms with van der Waals surface area (Å²) in [6.45, 7) is 7.06. The van der Waals surface area contributed by atoms with Gasteiger partial charge in [-0.3, -0.25) is 13.9 Å². The molecule has 0 fully saturated rings. The maximum atomic E-state index is 14.2. The second-order valence-corrected chi connectivity index (χ2v) is 12.2. The molecule has 0 radical (unpaired) electrons. The van der Waals surface area contributed by atoms with E-state index in [1.165, 1.54) is 24.1 Å². The molecule has 8 nitrogen and oxygen atoms in total. The molecule has 0 aliphatic heterocycles. The van der Waals surface area contributed by atoms with Crippen LogP contribution in [-0.4, -0.2) is 50.9 Å². The average Bonchev–Trinajstić information content (AvgIpc) is 2.96. The molecule has 2 atom stereocenters. The van der Waals surface area contributed by atoms with Gasteiger partial charge in [-0.05, 0) is 74.2 Å². The summed E-state index contributed by atoms with van der Waals surface area (Å²) in [7, 11) is -2.75. The van der Waals surface area contributed by atoms with Gasteiger partial charge < -0.3 is 15.0 Å². The Labute approximate surface area is 248 Å². The largest absolute Gasteiger partial charge is 0.495 e. The molecule has 0 aliphatic rings. The van der Waals surface area contributed by atoms with Crippen LogP contribution in [0.1, 0.15) is 44.7 Å². The monoisotopic (exact) mass is 599 g/mol. The molecule has 0 bridgehead atoms. The summed E-state index contributed by atoms with van der Waals surface area (Å²) < 4.78 is 34.6. The van der Waals surface area contributed by atoms with E-state index in [9.17, 15) is 18.0 Å². The van der Waals surface area contributed by atoms with E-state index in [1.807, 2.05) is 27.7 Å². The van der Waals surface area contributed by atoms with Gasteiger partial charge in [0, 0.05) is 17.6 Å². The predicted octanol–water partition coefficient (Wildman–Crippen LogP) is 5.57. The van der Waals surface area contributed by atoms with Gasteiger partial charge >= 0.3 is 0 Å². The Balaban J connectivity index is 2.11. The summed E-state index contributed by atoms with van der Waals surface area (Å²) >= 11 is 6.08. The highest BCUT2D eigenvalue weighted by Crippen LogP contribution is 2.33. The fraction of sp³-hybridized carbons (Fsp3) is 0.355. The number of ether oxygens (including phenoxy) is 1. The Kier molecular flexibility index (Phi) is 11.2. The number of benzene rings is 3. The molecule has 3 aromatic rings. The highest BCUT2D eigenvalue weighted by molar-refractivity contribution is 7.92. The van der Waals surface area contributed by atoms with Gasteiger partial charge in [0.05, 0.1) is 17.7 Å². The van der Waals surface area contributed by atoms with Gasteiger partial charge in [0.25, 0.3) is 10.0 Å². The summed E-state index contributed by atoms with van der Waals surface area (Å²) in [5.41, 5.74) is 1.77. The standard InChI is InChI=1S/C31H38ClN3O5S/c1-6-23(4)33-31(37)27(7-2)34(20-24-14-16-25(32)17-15-24)30(36)21-35(28-19-22(3)13-18-29(28)40-5)41(38,39)26-11-9-8-10-12-26/h8-19,23,27H,6-7,20-21H2,1-5H3,(H,33,37)/t23-,27-/m1/s1. The van der Waals surface area contributed by atoms with Gasteiger partial charge in [0.15, 0.2) is 0 Å². The molecule has 0 heterocycles. The molecule has 3 aromatic carbocycles. The van der Waals surface area contributed by atoms with Crippen LogP contribution in [0, 0.1) is 6.92 Å². The SMILES string of the molecule is CC[C@@H](C)NC(=O)[C@@H](CC)N(Cc1ccc(Cl)cc1)C(=O)CN(c1cc(C)ccc1OC)S(=O)(=O)c1ccccc1. The minimum Gasteiger partial charge on any atom is -0.495 e. The van der Waals surface area contributed by atoms with Crippen molar-refractivity contribution >= 4 is 39.1 Å². The second kappa shape index (κ2) is 14.4. The topological polar surface area (TPSA) is 96.0 Å². The van der Waals surface area contributed by atoms with E-state index in [1.54, 1.807) is 60.7 Å². The van der Waals surface area contributed by atoms with E-state index in [0.717, 1.165) is 21.9 Å². The molecule has 41 heavy (non-hydrogen) atoms. The van der Waals surface area contributed by atoms with E-state index < -0.39 is 28.5 Å². The Hall–Kier alpha value is -3.56. The second-order valence-electron chi connectivity index (χ2n) is 9.89. The summed E-state index contributed by atoms with van der Waals surface area (Å²) in [4.78, 5) is 29.0. The van der Waals surface area contributed by atoms with Crippen molar-refractivity contribution in [3.8, 4) is 5.75 Å². The van der Waals surface area contributed by atoms with Crippen molar-refractivity contribution in [2.75, 3.05) is 18.0 Å². The van der Waals surface area contributed by atoms with Gasteiger partial charge in [0.1, 0.15) is 18.3 Å². The molecule has 0 spiro atoms. The summed E-state index contributed by atoms with van der Waals surface area (Å²) in [6, 6.07) is 19.1. The lowest BCUT2D eigenvalue weighted by molar-refractivity contribution is -0.140. The highest BCUT2D eigenvalue weighted by atomic mass is 35.5. The molecular weight excluding hydrogens is 562 g/mol. The number of nitrogens with one attached hydrogen (secondary N) is 1. The fourth-order valence-corrected chi connectivity index (χ4v) is 5.94. The third-order valence-electron chi connectivity index (χ3n) is 6.87. The third-order valence-corrected chi connectivity index (χ3v) is 8.89. The predicted molar refractivity (Wildman–Crippen MR) is 163 cm³/mol. The Morgan fingerprint density at radius 1 is 0.976 bits per heavy atom. The molecular formula is C31H38ClN3O5S. The number of carbonyl (C=O) groups is 2. The fourth-order valence-electron chi connectivity index (χ4n) is 4.38. The van der Waals surface area contributed by atoms with Gasteiger partial charge in [-0.2, -0.15) is 0 Å². The number of amides is 2. The third kappa shape index (κ3) is 8.01. The lowest BCUT2D eigenvalue weighted by atomic mass is 10.1. The first-order valence-electron chi connectivity index (χ1n) is 13.6. The molecule has 0 aromatic heterocycles. The maximum Gasteiger partial charge on any atom is 0.264 e. The van der Waals surface area contributed by atoms with Gasteiger partial charge in [-0.25, -0.2) is 8.42 Å². The van der Waals surface area contributed by atoms with Crippen LogP contribution in [0.15, 0.2) is 77.7 Å². The van der Waals surface area contributed by atoms with Crippen molar-refractivity contribution in [2.24, 2.45) is 0 Å². The van der Waals surface area contributed by atoms with E-state index >= 15 is 0 Å². The summed E-state index contributed by atoms with van der Waals surface area (Å²) in [5, 5.41) is 3.51. The molecule has 1 N–H and O–H groups in total. The molecule has 10 heteroatoms. The molecule has 3 rings (SSSR count). The number of nitrogens with zero attached hydrogens (tertiary/aromatic N) is 2. The number of rotatable bonds is 13. The first-order chi connectivity index (χ1) is 19.5. The van der Waals surface area contributed by atoms with Crippen molar-refractivity contribution in [3.63, 3.8) is 0 Å². The van der Waals surface area contributed by atoms with Crippen LogP contribution in [-0.2, 0) is 26.2 Å². The number of halogens is 1. The minimum absolute atomic E-state index is 0.0298. The van der Waals surface area contributed by atoms with Crippen molar-refractivity contribution in [2.45, 2.75) is 64.1 Å². The van der Waals surface area contributed by atoms with Crippen molar-refractivity contribution in [3.05, 3.63) is 88.9 Å². The van der Waals surface area contributed by atoms with Gasteiger partial charge in [-0.1, -0.05) is 61.8 Å². The van der Waals surface area contributed by atoms with E-state index in [-0.39, 0.29) is 29.1 Å². The van der Waals surface area contributed by atoms with Crippen molar-refractivity contribution in [1.82, 2.24) is 10.2 Å². The van der Waals surface area contributed by atoms with Crippen LogP contribution in [0.3, 0.4) is 0 Å². The summed E-state index contributed by atoms with van der Waals surface area (Å²) in [5.74, 6) is -0.530. The lowest BCUT2D eigenvalue weighted by Crippen LogP contribution is -2.53. The average molecular weight is 600 g/mol. The van der Waals surface area contributed by atoms with E-state index in [4.69, 9.17) is 16.3 Å². The molecule has 2 amide bonds. The van der Waals surface area contributed by atoms with Crippen LogP contribution < -0.4 is 14.4 Å². The highest BCUT2D eigenvalue weighted by Gasteiger charge is 2.35. The Morgan fingerprint density at radius 2 is 1.63 bits per heavy atom. The Bertz CT molecular complexity index is 1430. The Morgan fingerprint density at radius 3 is 2.22 bits per heavy atom. The van der Waals surface area contributed by atoms with E-state index in [2.05, 4.69) is 5.32 Å². The molecule has 0 aliphatic carbocycles. The zero-order valence-electron chi connectivity index (χ0n) is 24.1. The van der Waals surface area contributed by atoms with Crippen LogP contribution in [0.4, 0.5) is 5.69 Å². The number of carbonyl (C=O) groups excluding carboxylic acids is 2. The smallest absolute Gasteiger partial charge is 0.264 e. The number of hydrogen-bond donors (Lipinski definition) is 1. The van der Waals surface area contributed by atoms with Crippen molar-refractivity contribution < 1.29 is 22.7 Å². The number of sulfonamides is 1. The van der Waals surface area contributed by atoms with E-state index in [0.29, 0.717) is 17.2 Å². The normalized spacial score (nSPS) is 12.7. The number of anilines is 1. The molecule has 0 saturated carbocycles. The zero-order chi connectivity index (χ0) is 30.2. The minimum atomic E-state index is -4.20.